The minimum Gasteiger partial charge on any atom is -0.544 e. The van der Waals surface area contributed by atoms with E-state index in [-0.39, 0.29) is 0 Å². The Labute approximate surface area is 129 Å². The Morgan fingerprint density at radius 3 is 1.86 bits per heavy atom. The zero-order valence-electron chi connectivity index (χ0n) is 13.7. The van der Waals surface area contributed by atoms with Gasteiger partial charge in [-0.2, -0.15) is 0 Å². The molecule has 0 aliphatic heterocycles. The lowest BCUT2D eigenvalue weighted by molar-refractivity contribution is 0.214. The fourth-order valence-electron chi connectivity index (χ4n) is 1.59. The average Bonchev–Trinajstić information content (AvgIpc) is 2.24. The largest absolute Gasteiger partial charge is 0.544 e. The molecule has 0 aliphatic rings. The second-order valence-electron chi connectivity index (χ2n) is 6.84. The van der Waals surface area contributed by atoms with Crippen LogP contribution in [0.3, 0.4) is 0 Å². The highest BCUT2D eigenvalue weighted by atomic mass is 28.4. The molecule has 0 fully saturated rings. The molecule has 0 saturated carbocycles. The number of hydrogen-bond donors (Lipinski definition) is 1. The Balaban J connectivity index is 2.66. The van der Waals surface area contributed by atoms with Crippen LogP contribution in [0.25, 0.3) is 5.76 Å². The van der Waals surface area contributed by atoms with Gasteiger partial charge in [-0.3, -0.25) is 5.32 Å². The third kappa shape index (κ3) is 7.15. The van der Waals surface area contributed by atoms with E-state index in [4.69, 9.17) is 8.85 Å². The lowest BCUT2D eigenvalue weighted by Gasteiger charge is -2.21. The lowest BCUT2D eigenvalue weighted by Crippen LogP contribution is -2.31. The number of rotatable bonds is 5. The van der Waals surface area contributed by atoms with Crippen molar-refractivity contribution in [1.29, 1.82) is 0 Å². The van der Waals surface area contributed by atoms with Crippen molar-refractivity contribution in [2.75, 3.05) is 5.32 Å². The van der Waals surface area contributed by atoms with Crippen molar-refractivity contribution in [2.24, 2.45) is 0 Å². The van der Waals surface area contributed by atoms with Crippen LogP contribution >= 0.6 is 0 Å². The van der Waals surface area contributed by atoms with Crippen LogP contribution in [-0.2, 0) is 8.85 Å². The van der Waals surface area contributed by atoms with E-state index in [1.807, 2.05) is 43.9 Å². The molecule has 0 aliphatic carbocycles. The highest BCUT2D eigenvalue weighted by Crippen LogP contribution is 2.21. The number of benzene rings is 1. The molecule has 1 aromatic rings. The van der Waals surface area contributed by atoms with Gasteiger partial charge in [-0.25, -0.2) is 4.79 Å². The van der Waals surface area contributed by atoms with Gasteiger partial charge in [0.2, 0.25) is 16.6 Å². The van der Waals surface area contributed by atoms with Crippen LogP contribution in [0, 0.1) is 0 Å². The maximum Gasteiger partial charge on any atom is 0.398 e. The van der Waals surface area contributed by atoms with Gasteiger partial charge in [-0.15, -0.1) is 0 Å². The molecule has 1 N–H and O–H groups in total. The summed E-state index contributed by atoms with van der Waals surface area (Å²) in [7, 11) is -3.53. The normalized spacial score (nSPS) is 11.7. The van der Waals surface area contributed by atoms with E-state index in [0.717, 1.165) is 5.56 Å². The highest BCUT2D eigenvalue weighted by molar-refractivity contribution is 6.71. The number of anilines is 1. The maximum absolute atomic E-state index is 11.7. The zero-order valence-corrected chi connectivity index (χ0v) is 15.7. The molecule has 0 bridgehead atoms. The molecule has 0 heterocycles. The van der Waals surface area contributed by atoms with Crippen molar-refractivity contribution in [3.05, 3.63) is 36.4 Å². The van der Waals surface area contributed by atoms with Crippen molar-refractivity contribution in [2.45, 2.75) is 39.3 Å². The first-order valence-corrected chi connectivity index (χ1v) is 13.8. The molecule has 0 aromatic heterocycles. The van der Waals surface area contributed by atoms with E-state index in [1.165, 1.54) is 0 Å². The quantitative estimate of drug-likeness (QED) is 0.620. The second kappa shape index (κ2) is 6.49. The molecule has 1 aromatic carbocycles. The summed E-state index contributed by atoms with van der Waals surface area (Å²) in [5.41, 5.74) is 1.62. The van der Waals surface area contributed by atoms with Gasteiger partial charge in [0.15, 0.2) is 0 Å². The molecule has 6 heteroatoms. The lowest BCUT2D eigenvalue weighted by atomic mass is 10.2. The number of amides is 1. The van der Waals surface area contributed by atoms with Crippen LogP contribution in [0.5, 0.6) is 0 Å². The van der Waals surface area contributed by atoms with Crippen LogP contribution in [-0.4, -0.2) is 22.7 Å². The van der Waals surface area contributed by atoms with E-state index < -0.39 is 22.7 Å². The molecule has 1 rings (SSSR count). The second-order valence-corrected chi connectivity index (χ2v) is 15.7. The van der Waals surface area contributed by atoms with E-state index in [1.54, 1.807) is 0 Å². The van der Waals surface area contributed by atoms with Gasteiger partial charge in [0.25, 0.3) is 0 Å². The number of nitrogens with one attached hydrogen (secondary N) is 1. The van der Waals surface area contributed by atoms with E-state index >= 15 is 0 Å². The zero-order chi connectivity index (χ0) is 16.3. The number of carbonyl (C=O) groups is 1. The average molecular weight is 324 g/mol. The molecule has 0 unspecified atom stereocenters. The summed E-state index contributed by atoms with van der Waals surface area (Å²) in [5, 5.41) is 2.72. The first-order chi connectivity index (χ1) is 9.46. The Morgan fingerprint density at radius 1 is 0.952 bits per heavy atom. The van der Waals surface area contributed by atoms with Gasteiger partial charge < -0.3 is 8.85 Å². The van der Waals surface area contributed by atoms with Gasteiger partial charge in [0.05, 0.1) is 0 Å². The van der Waals surface area contributed by atoms with Crippen molar-refractivity contribution in [1.82, 2.24) is 0 Å². The maximum atomic E-state index is 11.7. The summed E-state index contributed by atoms with van der Waals surface area (Å²) in [6, 6.07) is 7.40. The molecule has 1 amide bonds. The summed E-state index contributed by atoms with van der Waals surface area (Å²) in [5.74, 6) is 0.672. The summed E-state index contributed by atoms with van der Waals surface area (Å²) in [4.78, 5) is 11.7. The molecule has 0 saturated heterocycles. The standard InChI is InChI=1S/C15H25NO3Si2/c1-12(18-20(2,3)4)13-8-10-14(11-9-13)16-15(17)19-21(5,6)7/h8-11H,1H2,2-7H3,(H,16,17). The number of carbonyl (C=O) groups excluding carboxylic acids is 1. The Kier molecular flexibility index (Phi) is 5.41. The van der Waals surface area contributed by atoms with Crippen molar-refractivity contribution >= 4 is 34.2 Å². The minimum atomic E-state index is -1.87. The Bertz CT molecular complexity index is 513. The predicted octanol–water partition coefficient (Wildman–Crippen LogP) is 4.89. The highest BCUT2D eigenvalue weighted by Gasteiger charge is 2.20. The van der Waals surface area contributed by atoms with E-state index in [9.17, 15) is 4.79 Å². The number of hydrogen-bond acceptors (Lipinski definition) is 3. The minimum absolute atomic E-state index is 0.404. The molecular formula is C15H25NO3Si2. The fraction of sp³-hybridized carbons (Fsp3) is 0.400. The van der Waals surface area contributed by atoms with Crippen LogP contribution in [0.4, 0.5) is 10.5 Å². The van der Waals surface area contributed by atoms with Crippen molar-refractivity contribution < 1.29 is 13.6 Å². The SMILES string of the molecule is C=C(O[Si](C)(C)C)c1ccc(NC(=O)O[Si](C)(C)C)cc1. The summed E-state index contributed by atoms with van der Waals surface area (Å²) in [6.45, 7) is 16.2. The van der Waals surface area contributed by atoms with Gasteiger partial charge in [-0.05, 0) is 63.5 Å². The molecule has 0 atom stereocenters. The van der Waals surface area contributed by atoms with Gasteiger partial charge in [-0.1, -0.05) is 6.58 Å². The Morgan fingerprint density at radius 2 is 1.43 bits per heavy atom. The summed E-state index contributed by atoms with van der Waals surface area (Å²) in [6.07, 6.45) is -0.404. The molecule has 116 valence electrons. The van der Waals surface area contributed by atoms with Crippen molar-refractivity contribution in [3.63, 3.8) is 0 Å². The van der Waals surface area contributed by atoms with E-state index in [0.29, 0.717) is 11.4 Å². The van der Waals surface area contributed by atoms with Crippen LogP contribution in [0.1, 0.15) is 5.56 Å². The van der Waals surface area contributed by atoms with E-state index in [2.05, 4.69) is 31.5 Å². The summed E-state index contributed by atoms with van der Waals surface area (Å²) < 4.78 is 11.2. The summed E-state index contributed by atoms with van der Waals surface area (Å²) >= 11 is 0. The third-order valence-electron chi connectivity index (χ3n) is 2.28. The molecule has 21 heavy (non-hydrogen) atoms. The van der Waals surface area contributed by atoms with Crippen LogP contribution in [0.2, 0.25) is 39.3 Å². The molecule has 0 radical (unpaired) electrons. The van der Waals surface area contributed by atoms with Gasteiger partial charge >= 0.3 is 6.09 Å². The third-order valence-corrected chi connectivity index (χ3v) is 3.94. The molecule has 0 spiro atoms. The van der Waals surface area contributed by atoms with Crippen molar-refractivity contribution in [3.8, 4) is 0 Å². The molecule has 4 nitrogen and oxygen atoms in total. The van der Waals surface area contributed by atoms with Crippen LogP contribution in [0.15, 0.2) is 30.8 Å². The van der Waals surface area contributed by atoms with Gasteiger partial charge in [0.1, 0.15) is 5.76 Å². The topological polar surface area (TPSA) is 47.6 Å². The monoisotopic (exact) mass is 323 g/mol. The molecular weight excluding hydrogens is 298 g/mol. The van der Waals surface area contributed by atoms with Gasteiger partial charge in [0, 0.05) is 11.3 Å². The predicted molar refractivity (Wildman–Crippen MR) is 93.4 cm³/mol. The first-order valence-electron chi connectivity index (χ1n) is 6.95. The first kappa shape index (κ1) is 17.5. The Hall–Kier alpha value is -1.54. The smallest absolute Gasteiger partial charge is 0.398 e. The fourth-order valence-corrected chi connectivity index (χ4v) is 3.05. The van der Waals surface area contributed by atoms with Crippen LogP contribution < -0.4 is 5.32 Å².